The molecule has 0 bridgehead atoms. The number of anilines is 3. The predicted octanol–water partition coefficient (Wildman–Crippen LogP) is 5.60. The number of nitrogens with zero attached hydrogens (tertiary/aromatic N) is 2. The number of halogens is 2. The number of benzene rings is 1. The number of thioether (sulfide) groups is 1. The Morgan fingerprint density at radius 3 is 2.52 bits per heavy atom. The van der Waals surface area contributed by atoms with Crippen LogP contribution in [0.25, 0.3) is 0 Å². The average molecular weight is 401 g/mol. The fourth-order valence-corrected chi connectivity index (χ4v) is 2.62. The molecule has 0 unspecified atom stereocenters. The van der Waals surface area contributed by atoms with Crippen molar-refractivity contribution < 1.29 is 9.53 Å². The SMILES string of the molecule is CSc1nc(Cl)cc(Nc2cc(Cl)ccc2NC(=O)OC(C)(C)C)n1. The summed E-state index contributed by atoms with van der Waals surface area (Å²) in [5, 5.41) is 7.13. The third-order valence-corrected chi connectivity index (χ3v) is 3.71. The summed E-state index contributed by atoms with van der Waals surface area (Å²) in [6.45, 7) is 5.38. The first kappa shape index (κ1) is 19.6. The Balaban J connectivity index is 2.27. The molecule has 0 fully saturated rings. The van der Waals surface area contributed by atoms with Crippen LogP contribution in [0.3, 0.4) is 0 Å². The van der Waals surface area contributed by atoms with Crippen LogP contribution in [0.4, 0.5) is 22.0 Å². The van der Waals surface area contributed by atoms with E-state index < -0.39 is 11.7 Å². The number of hydrogen-bond acceptors (Lipinski definition) is 6. The molecule has 1 aromatic carbocycles. The Morgan fingerprint density at radius 1 is 1.16 bits per heavy atom. The van der Waals surface area contributed by atoms with Crippen LogP contribution in [0.2, 0.25) is 10.2 Å². The van der Waals surface area contributed by atoms with Crippen molar-refractivity contribution in [2.24, 2.45) is 0 Å². The van der Waals surface area contributed by atoms with Gasteiger partial charge in [-0.05, 0) is 45.2 Å². The van der Waals surface area contributed by atoms with Gasteiger partial charge in [0.1, 0.15) is 16.6 Å². The summed E-state index contributed by atoms with van der Waals surface area (Å²) in [5.41, 5.74) is 0.455. The van der Waals surface area contributed by atoms with E-state index in [1.54, 1.807) is 45.0 Å². The molecule has 1 amide bonds. The average Bonchev–Trinajstić information content (AvgIpc) is 2.47. The molecule has 0 aliphatic rings. The molecule has 6 nitrogen and oxygen atoms in total. The maximum atomic E-state index is 12.0. The van der Waals surface area contributed by atoms with E-state index >= 15 is 0 Å². The minimum Gasteiger partial charge on any atom is -0.444 e. The smallest absolute Gasteiger partial charge is 0.412 e. The number of nitrogens with one attached hydrogen (secondary N) is 2. The van der Waals surface area contributed by atoms with Crippen LogP contribution in [0.1, 0.15) is 20.8 Å². The van der Waals surface area contributed by atoms with Gasteiger partial charge < -0.3 is 10.1 Å². The molecular formula is C16H18Cl2N4O2S. The van der Waals surface area contributed by atoms with E-state index in [4.69, 9.17) is 27.9 Å². The summed E-state index contributed by atoms with van der Waals surface area (Å²) in [5.74, 6) is 0.485. The fourth-order valence-electron chi connectivity index (χ4n) is 1.83. The van der Waals surface area contributed by atoms with Gasteiger partial charge in [0.25, 0.3) is 0 Å². The fraction of sp³-hybridized carbons (Fsp3) is 0.312. The van der Waals surface area contributed by atoms with Gasteiger partial charge in [-0.15, -0.1) is 0 Å². The monoisotopic (exact) mass is 400 g/mol. The third-order valence-electron chi connectivity index (χ3n) is 2.74. The van der Waals surface area contributed by atoms with E-state index in [9.17, 15) is 4.79 Å². The van der Waals surface area contributed by atoms with Crippen molar-refractivity contribution in [2.75, 3.05) is 16.9 Å². The molecule has 0 spiro atoms. The maximum Gasteiger partial charge on any atom is 0.412 e. The van der Waals surface area contributed by atoms with Gasteiger partial charge in [0.2, 0.25) is 0 Å². The van der Waals surface area contributed by atoms with Crippen LogP contribution in [-0.2, 0) is 4.74 Å². The van der Waals surface area contributed by atoms with Gasteiger partial charge in [-0.25, -0.2) is 14.8 Å². The minimum atomic E-state index is -0.600. The molecule has 0 radical (unpaired) electrons. The van der Waals surface area contributed by atoms with Crippen LogP contribution in [0, 0.1) is 0 Å². The number of ether oxygens (including phenoxy) is 1. The number of hydrogen-bond donors (Lipinski definition) is 2. The number of rotatable bonds is 4. The van der Waals surface area contributed by atoms with Crippen molar-refractivity contribution in [1.82, 2.24) is 9.97 Å². The number of aromatic nitrogens is 2. The number of amides is 1. The summed E-state index contributed by atoms with van der Waals surface area (Å²) in [6.07, 6.45) is 1.29. The molecule has 0 atom stereocenters. The van der Waals surface area contributed by atoms with E-state index in [-0.39, 0.29) is 0 Å². The first-order valence-electron chi connectivity index (χ1n) is 7.31. The Morgan fingerprint density at radius 2 is 1.88 bits per heavy atom. The third kappa shape index (κ3) is 6.26. The molecule has 1 heterocycles. The van der Waals surface area contributed by atoms with Crippen LogP contribution in [0.15, 0.2) is 29.4 Å². The summed E-state index contributed by atoms with van der Waals surface area (Å²) in [7, 11) is 0. The molecule has 25 heavy (non-hydrogen) atoms. The Kier molecular flexibility index (Phi) is 6.37. The second-order valence-electron chi connectivity index (χ2n) is 6.00. The van der Waals surface area contributed by atoms with Gasteiger partial charge in [-0.3, -0.25) is 5.32 Å². The largest absolute Gasteiger partial charge is 0.444 e. The highest BCUT2D eigenvalue weighted by molar-refractivity contribution is 7.98. The summed E-state index contributed by atoms with van der Waals surface area (Å²) in [6, 6.07) is 6.59. The Bertz CT molecular complexity index is 781. The van der Waals surface area contributed by atoms with Gasteiger partial charge in [-0.1, -0.05) is 35.0 Å². The quantitative estimate of drug-likeness (QED) is 0.395. The molecule has 1 aromatic heterocycles. The maximum absolute atomic E-state index is 12.0. The molecule has 0 aliphatic carbocycles. The first-order valence-corrected chi connectivity index (χ1v) is 9.29. The molecular weight excluding hydrogens is 383 g/mol. The van der Waals surface area contributed by atoms with Gasteiger partial charge >= 0.3 is 6.09 Å². The van der Waals surface area contributed by atoms with Crippen LogP contribution < -0.4 is 10.6 Å². The summed E-state index contributed by atoms with van der Waals surface area (Å²) in [4.78, 5) is 20.4. The van der Waals surface area contributed by atoms with E-state index in [1.165, 1.54) is 11.8 Å². The molecule has 2 N–H and O–H groups in total. The zero-order valence-corrected chi connectivity index (χ0v) is 16.5. The summed E-state index contributed by atoms with van der Waals surface area (Å²) < 4.78 is 5.27. The van der Waals surface area contributed by atoms with Gasteiger partial charge in [0, 0.05) is 11.1 Å². The predicted molar refractivity (Wildman–Crippen MR) is 103 cm³/mol. The second kappa shape index (κ2) is 8.12. The highest BCUT2D eigenvalue weighted by Gasteiger charge is 2.17. The number of carbonyl (C=O) groups excluding carboxylic acids is 1. The van der Waals surface area contributed by atoms with Crippen LogP contribution in [-0.4, -0.2) is 27.9 Å². The highest BCUT2D eigenvalue weighted by Crippen LogP contribution is 2.30. The molecule has 2 aromatic rings. The Hall–Kier alpha value is -1.70. The number of carbonyl (C=O) groups is 1. The Labute approximate surface area is 160 Å². The lowest BCUT2D eigenvalue weighted by molar-refractivity contribution is 0.0636. The van der Waals surface area contributed by atoms with Crippen molar-refractivity contribution in [1.29, 1.82) is 0 Å². The van der Waals surface area contributed by atoms with Gasteiger partial charge in [0.15, 0.2) is 5.16 Å². The van der Waals surface area contributed by atoms with Crippen LogP contribution in [0.5, 0.6) is 0 Å². The molecule has 2 rings (SSSR count). The standard InChI is InChI=1S/C16H18Cl2N4O2S/c1-16(2,3)24-15(23)20-10-6-5-9(17)7-11(10)19-13-8-12(18)21-14(22-13)25-4/h5-8H,1-4H3,(H,20,23)(H,19,21,22). The van der Waals surface area contributed by atoms with Crippen molar-refractivity contribution in [3.63, 3.8) is 0 Å². The molecule has 0 saturated heterocycles. The van der Waals surface area contributed by atoms with E-state index in [1.807, 2.05) is 6.26 Å². The zero-order chi connectivity index (χ0) is 18.6. The molecule has 134 valence electrons. The van der Waals surface area contributed by atoms with Crippen molar-refractivity contribution >= 4 is 58.2 Å². The van der Waals surface area contributed by atoms with Gasteiger partial charge in [0.05, 0.1) is 11.4 Å². The van der Waals surface area contributed by atoms with Crippen LogP contribution >= 0.6 is 35.0 Å². The van der Waals surface area contributed by atoms with Gasteiger partial charge in [-0.2, -0.15) is 0 Å². The first-order chi connectivity index (χ1) is 11.7. The zero-order valence-electron chi connectivity index (χ0n) is 14.2. The van der Waals surface area contributed by atoms with E-state index in [0.29, 0.717) is 32.5 Å². The van der Waals surface area contributed by atoms with E-state index in [0.717, 1.165) is 0 Å². The molecule has 0 aliphatic heterocycles. The van der Waals surface area contributed by atoms with Crippen molar-refractivity contribution in [3.8, 4) is 0 Å². The summed E-state index contributed by atoms with van der Waals surface area (Å²) >= 11 is 13.4. The normalized spacial score (nSPS) is 11.1. The van der Waals surface area contributed by atoms with Crippen molar-refractivity contribution in [3.05, 3.63) is 34.4 Å². The molecule has 0 saturated carbocycles. The second-order valence-corrected chi connectivity index (χ2v) is 7.60. The topological polar surface area (TPSA) is 76.1 Å². The lowest BCUT2D eigenvalue weighted by Gasteiger charge is -2.20. The highest BCUT2D eigenvalue weighted by atomic mass is 35.5. The van der Waals surface area contributed by atoms with Crippen molar-refractivity contribution in [2.45, 2.75) is 31.5 Å². The molecule has 9 heteroatoms. The lowest BCUT2D eigenvalue weighted by Crippen LogP contribution is -2.27. The minimum absolute atomic E-state index is 0.311. The van der Waals surface area contributed by atoms with E-state index in [2.05, 4.69) is 20.6 Å². The lowest BCUT2D eigenvalue weighted by atomic mass is 10.2.